The standard InChI is InChI=1S/C11H22N2.C2H6/c1-9-6-11(7-13(3)8-11)5-4-10(9)12-2;1-2/h9-10,12H,4-8H2,1-3H3;1-2H3. The summed E-state index contributed by atoms with van der Waals surface area (Å²) in [4.78, 5) is 2.45. The van der Waals surface area contributed by atoms with Crippen LogP contribution in [0.4, 0.5) is 0 Å². The lowest BCUT2D eigenvalue weighted by Crippen LogP contribution is -2.58. The molecule has 0 bridgehead atoms. The molecule has 1 spiro atoms. The number of nitrogens with zero attached hydrogens (tertiary/aromatic N) is 1. The van der Waals surface area contributed by atoms with Gasteiger partial charge in [-0.3, -0.25) is 0 Å². The molecule has 2 aliphatic rings. The Hall–Kier alpha value is -0.0800. The van der Waals surface area contributed by atoms with Crippen LogP contribution in [0.3, 0.4) is 0 Å². The normalized spacial score (nSPS) is 34.2. The maximum atomic E-state index is 3.44. The van der Waals surface area contributed by atoms with Gasteiger partial charge < -0.3 is 10.2 Å². The minimum atomic E-state index is 0.710. The molecule has 2 nitrogen and oxygen atoms in total. The first-order valence-electron chi connectivity index (χ1n) is 6.51. The zero-order valence-corrected chi connectivity index (χ0v) is 11.1. The Labute approximate surface area is 95.4 Å². The van der Waals surface area contributed by atoms with Crippen molar-refractivity contribution in [2.75, 3.05) is 27.2 Å². The van der Waals surface area contributed by atoms with Crippen LogP contribution in [-0.2, 0) is 0 Å². The molecule has 15 heavy (non-hydrogen) atoms. The van der Waals surface area contributed by atoms with E-state index < -0.39 is 0 Å². The average Bonchev–Trinajstić information content (AvgIpc) is 2.19. The van der Waals surface area contributed by atoms with Gasteiger partial charge in [-0.25, -0.2) is 0 Å². The first kappa shape index (κ1) is 13.0. The summed E-state index contributed by atoms with van der Waals surface area (Å²) in [5, 5.41) is 3.44. The van der Waals surface area contributed by atoms with Crippen molar-refractivity contribution in [3.63, 3.8) is 0 Å². The topological polar surface area (TPSA) is 15.3 Å². The molecule has 1 heterocycles. The van der Waals surface area contributed by atoms with Crippen molar-refractivity contribution in [2.24, 2.45) is 11.3 Å². The van der Waals surface area contributed by atoms with Crippen LogP contribution in [0.1, 0.15) is 40.0 Å². The highest BCUT2D eigenvalue weighted by Crippen LogP contribution is 2.45. The molecule has 90 valence electrons. The Morgan fingerprint density at radius 1 is 1.27 bits per heavy atom. The molecule has 2 rings (SSSR count). The maximum absolute atomic E-state index is 3.44. The molecule has 0 aromatic carbocycles. The molecule has 1 saturated heterocycles. The molecule has 1 N–H and O–H groups in total. The van der Waals surface area contributed by atoms with E-state index in [9.17, 15) is 0 Å². The molecule has 1 aliphatic carbocycles. The molecule has 1 saturated carbocycles. The van der Waals surface area contributed by atoms with Crippen molar-refractivity contribution in [1.82, 2.24) is 10.2 Å². The van der Waals surface area contributed by atoms with Gasteiger partial charge in [0.05, 0.1) is 0 Å². The summed E-state index contributed by atoms with van der Waals surface area (Å²) in [7, 11) is 4.34. The largest absolute Gasteiger partial charge is 0.317 e. The Morgan fingerprint density at radius 2 is 1.87 bits per heavy atom. The fourth-order valence-corrected chi connectivity index (χ4v) is 3.49. The van der Waals surface area contributed by atoms with E-state index in [1.807, 2.05) is 13.8 Å². The molecule has 2 unspecified atom stereocenters. The van der Waals surface area contributed by atoms with Gasteiger partial charge in [0.25, 0.3) is 0 Å². The minimum absolute atomic E-state index is 0.710. The van der Waals surface area contributed by atoms with E-state index in [1.54, 1.807) is 0 Å². The predicted molar refractivity (Wildman–Crippen MR) is 67.1 cm³/mol. The molecular formula is C13H28N2. The van der Waals surface area contributed by atoms with Gasteiger partial charge in [0.1, 0.15) is 0 Å². The predicted octanol–water partition coefficient (Wildman–Crippen LogP) is 2.35. The Bertz CT molecular complexity index is 185. The summed E-state index contributed by atoms with van der Waals surface area (Å²) >= 11 is 0. The van der Waals surface area contributed by atoms with Crippen LogP contribution in [0.25, 0.3) is 0 Å². The fraction of sp³-hybridized carbons (Fsp3) is 1.00. The zero-order valence-electron chi connectivity index (χ0n) is 11.1. The van der Waals surface area contributed by atoms with Gasteiger partial charge >= 0.3 is 0 Å². The summed E-state index contributed by atoms with van der Waals surface area (Å²) in [5.74, 6) is 0.868. The van der Waals surface area contributed by atoms with Crippen molar-refractivity contribution < 1.29 is 0 Å². The Balaban J connectivity index is 0.000000531. The molecule has 0 amide bonds. The van der Waals surface area contributed by atoms with Crippen LogP contribution in [0.15, 0.2) is 0 Å². The van der Waals surface area contributed by atoms with E-state index in [2.05, 4.69) is 31.2 Å². The van der Waals surface area contributed by atoms with Crippen LogP contribution in [0.5, 0.6) is 0 Å². The fourth-order valence-electron chi connectivity index (χ4n) is 3.49. The second-order valence-corrected chi connectivity index (χ2v) is 5.29. The van der Waals surface area contributed by atoms with Gasteiger partial charge in [-0.15, -0.1) is 0 Å². The van der Waals surface area contributed by atoms with Crippen LogP contribution >= 0.6 is 0 Å². The van der Waals surface area contributed by atoms with Crippen LogP contribution in [-0.4, -0.2) is 38.1 Å². The molecule has 2 heteroatoms. The van der Waals surface area contributed by atoms with Crippen molar-refractivity contribution in [3.8, 4) is 0 Å². The van der Waals surface area contributed by atoms with E-state index in [-0.39, 0.29) is 0 Å². The summed E-state index contributed by atoms with van der Waals surface area (Å²) in [5.41, 5.74) is 0.710. The zero-order chi connectivity index (χ0) is 11.5. The quantitative estimate of drug-likeness (QED) is 0.718. The molecule has 0 aromatic heterocycles. The average molecular weight is 212 g/mol. The van der Waals surface area contributed by atoms with Crippen LogP contribution in [0, 0.1) is 11.3 Å². The van der Waals surface area contributed by atoms with Crippen LogP contribution < -0.4 is 5.32 Å². The van der Waals surface area contributed by atoms with Gasteiger partial charge in [0.15, 0.2) is 0 Å². The lowest BCUT2D eigenvalue weighted by molar-refractivity contribution is -0.0329. The molecule has 2 atom stereocenters. The summed E-state index contributed by atoms with van der Waals surface area (Å²) in [6, 6.07) is 0.775. The summed E-state index contributed by atoms with van der Waals surface area (Å²) in [6.45, 7) is 9.09. The number of rotatable bonds is 1. The van der Waals surface area contributed by atoms with Gasteiger partial charge in [0, 0.05) is 19.1 Å². The summed E-state index contributed by atoms with van der Waals surface area (Å²) in [6.07, 6.45) is 4.25. The van der Waals surface area contributed by atoms with Gasteiger partial charge in [-0.1, -0.05) is 20.8 Å². The third kappa shape index (κ3) is 2.73. The van der Waals surface area contributed by atoms with E-state index >= 15 is 0 Å². The third-order valence-corrected chi connectivity index (χ3v) is 4.01. The second kappa shape index (κ2) is 5.31. The smallest absolute Gasteiger partial charge is 0.00901 e. The van der Waals surface area contributed by atoms with Gasteiger partial charge in [-0.05, 0) is 44.7 Å². The molecule has 0 radical (unpaired) electrons. The Kier molecular flexibility index (Phi) is 4.60. The third-order valence-electron chi connectivity index (χ3n) is 4.01. The monoisotopic (exact) mass is 212 g/mol. The van der Waals surface area contributed by atoms with E-state index in [0.717, 1.165) is 12.0 Å². The highest BCUT2D eigenvalue weighted by Gasteiger charge is 2.45. The highest BCUT2D eigenvalue weighted by atomic mass is 15.2. The van der Waals surface area contributed by atoms with Crippen molar-refractivity contribution in [3.05, 3.63) is 0 Å². The molecular weight excluding hydrogens is 184 g/mol. The lowest BCUT2D eigenvalue weighted by atomic mass is 9.64. The molecule has 2 fully saturated rings. The van der Waals surface area contributed by atoms with E-state index in [0.29, 0.717) is 5.41 Å². The Morgan fingerprint density at radius 3 is 2.27 bits per heavy atom. The SMILES string of the molecule is CC.CNC1CCC2(CC1C)CN(C)C2. The van der Waals surface area contributed by atoms with E-state index in [4.69, 9.17) is 0 Å². The van der Waals surface area contributed by atoms with Crippen molar-refractivity contribution in [2.45, 2.75) is 46.1 Å². The van der Waals surface area contributed by atoms with Crippen molar-refractivity contribution in [1.29, 1.82) is 0 Å². The number of hydrogen-bond acceptors (Lipinski definition) is 2. The van der Waals surface area contributed by atoms with Crippen LogP contribution in [0.2, 0.25) is 0 Å². The highest BCUT2D eigenvalue weighted by molar-refractivity contribution is 4.99. The van der Waals surface area contributed by atoms with Gasteiger partial charge in [-0.2, -0.15) is 0 Å². The molecule has 1 aliphatic heterocycles. The second-order valence-electron chi connectivity index (χ2n) is 5.29. The number of nitrogens with one attached hydrogen (secondary N) is 1. The first-order chi connectivity index (χ1) is 7.15. The lowest BCUT2D eigenvalue weighted by Gasteiger charge is -2.54. The number of hydrogen-bond donors (Lipinski definition) is 1. The summed E-state index contributed by atoms with van der Waals surface area (Å²) < 4.78 is 0. The van der Waals surface area contributed by atoms with Gasteiger partial charge in [0.2, 0.25) is 0 Å². The first-order valence-corrected chi connectivity index (χ1v) is 6.51. The minimum Gasteiger partial charge on any atom is -0.317 e. The number of likely N-dealkylation sites (tertiary alicyclic amines) is 1. The van der Waals surface area contributed by atoms with E-state index in [1.165, 1.54) is 32.4 Å². The molecule has 0 aromatic rings. The maximum Gasteiger partial charge on any atom is 0.00901 e. The van der Waals surface area contributed by atoms with Crippen molar-refractivity contribution >= 4 is 0 Å².